The molecular weight excluding hydrogens is 897 g/mol. The molecule has 0 atom stereocenters. The summed E-state index contributed by atoms with van der Waals surface area (Å²) in [7, 11) is 0. The van der Waals surface area contributed by atoms with Gasteiger partial charge < -0.3 is 9.80 Å². The first kappa shape index (κ1) is 44.2. The molecule has 6 heteroatoms. The predicted molar refractivity (Wildman–Crippen MR) is 291 cm³/mol. The van der Waals surface area contributed by atoms with Crippen LogP contribution in [0.25, 0.3) is 76.8 Å². The minimum Gasteiger partial charge on any atom is -0.307 e. The first-order valence-electron chi connectivity index (χ1n) is 23.9. The number of hydrogen-bond donors (Lipinski definition) is 0. The van der Waals surface area contributed by atoms with Crippen LogP contribution < -0.4 is 9.80 Å². The fourth-order valence-corrected chi connectivity index (χ4v) is 10.2. The van der Waals surface area contributed by atoms with Crippen molar-refractivity contribution < 1.29 is 17.6 Å². The van der Waals surface area contributed by atoms with Crippen molar-refractivity contribution in [2.24, 2.45) is 0 Å². The highest BCUT2D eigenvalue weighted by Gasteiger charge is 2.27. The van der Waals surface area contributed by atoms with Crippen molar-refractivity contribution in [2.45, 2.75) is 13.8 Å². The Morgan fingerprint density at radius 1 is 0.278 bits per heavy atom. The molecule has 0 saturated carbocycles. The zero-order valence-corrected chi connectivity index (χ0v) is 39.3. The molecule has 72 heavy (non-hydrogen) atoms. The Bertz CT molecular complexity index is 3720. The summed E-state index contributed by atoms with van der Waals surface area (Å²) >= 11 is 0. The average Bonchev–Trinajstić information content (AvgIpc) is 3.42. The van der Waals surface area contributed by atoms with Gasteiger partial charge in [-0.15, -0.1) is 0 Å². The van der Waals surface area contributed by atoms with E-state index in [1.807, 2.05) is 157 Å². The summed E-state index contributed by atoms with van der Waals surface area (Å²) in [6.45, 7) is 4.09. The van der Waals surface area contributed by atoms with Gasteiger partial charge in [-0.25, -0.2) is 17.6 Å². The van der Waals surface area contributed by atoms with Crippen molar-refractivity contribution >= 4 is 66.4 Å². The summed E-state index contributed by atoms with van der Waals surface area (Å²) in [5, 5.41) is 5.15. The number of nitrogens with zero attached hydrogens (tertiary/aromatic N) is 2. The third-order valence-electron chi connectivity index (χ3n) is 13.8. The van der Waals surface area contributed by atoms with Crippen molar-refractivity contribution in [3.8, 4) is 44.5 Å². The van der Waals surface area contributed by atoms with E-state index in [0.29, 0.717) is 22.7 Å². The molecule has 12 aromatic carbocycles. The van der Waals surface area contributed by atoms with Crippen molar-refractivity contribution in [3.05, 3.63) is 265 Å². The summed E-state index contributed by atoms with van der Waals surface area (Å²) in [5.74, 6) is -3.90. The molecule has 0 aliphatic carbocycles. The van der Waals surface area contributed by atoms with Crippen LogP contribution in [-0.2, 0) is 0 Å². The molecule has 2 nitrogen and oxygen atoms in total. The van der Waals surface area contributed by atoms with E-state index >= 15 is 17.6 Å². The number of halogens is 4. The average molecular weight is 941 g/mol. The predicted octanol–water partition coefficient (Wildman–Crippen LogP) is 19.4. The maximum atomic E-state index is 16.6. The van der Waals surface area contributed by atoms with E-state index in [4.69, 9.17) is 0 Å². The first-order valence-corrected chi connectivity index (χ1v) is 23.9. The fourth-order valence-electron chi connectivity index (χ4n) is 10.2. The van der Waals surface area contributed by atoms with Crippen LogP contribution in [0.15, 0.2) is 231 Å². The summed E-state index contributed by atoms with van der Waals surface area (Å²) in [4.78, 5) is 3.62. The second-order valence-electron chi connectivity index (χ2n) is 18.4. The molecule has 12 rings (SSSR count). The van der Waals surface area contributed by atoms with Crippen LogP contribution in [0.4, 0.5) is 51.7 Å². The van der Waals surface area contributed by atoms with Crippen molar-refractivity contribution in [3.63, 3.8) is 0 Å². The van der Waals surface area contributed by atoms with Crippen LogP contribution in [-0.4, -0.2) is 0 Å². The van der Waals surface area contributed by atoms with Crippen LogP contribution in [0.5, 0.6) is 0 Å². The maximum absolute atomic E-state index is 16.6. The smallest absolute Gasteiger partial charge is 0.182 e. The Hall–Kier alpha value is -9.00. The molecule has 0 spiro atoms. The molecular formula is C66H44F4N2. The van der Waals surface area contributed by atoms with Crippen LogP contribution in [0.1, 0.15) is 11.1 Å². The molecule has 0 unspecified atom stereocenters. The van der Waals surface area contributed by atoms with Gasteiger partial charge in [0, 0.05) is 22.1 Å². The molecule has 0 amide bonds. The Morgan fingerprint density at radius 2 is 0.625 bits per heavy atom. The van der Waals surface area contributed by atoms with E-state index in [2.05, 4.69) is 60.7 Å². The van der Waals surface area contributed by atoms with Crippen LogP contribution in [0, 0.1) is 37.1 Å². The number of aryl methyl sites for hydroxylation is 2. The van der Waals surface area contributed by atoms with Gasteiger partial charge in [-0.2, -0.15) is 0 Å². The Labute approximate surface area is 415 Å². The van der Waals surface area contributed by atoms with E-state index in [1.165, 1.54) is 12.1 Å². The topological polar surface area (TPSA) is 6.48 Å². The lowest BCUT2D eigenvalue weighted by Crippen LogP contribution is -2.14. The Kier molecular flexibility index (Phi) is 11.1. The standard InChI is InChI=1S/C66H44F4N2/c1-41-19-23-45(24-20-41)51-35-49(43-11-5-3-6-12-43)37-53(39-51)71(61-17-9-15-57(67)65(61)69)59-33-29-47-28-32-56-60(34-30-48-27-31-55(59)63(47)64(48)56)72(62-18-10-16-58(68)66(62)70)54-38-50(44-13-7-4-8-14-44)36-52(40-54)46-25-21-42(2)22-26-46/h3-40H,1-2H3. The highest BCUT2D eigenvalue weighted by Crippen LogP contribution is 2.50. The molecule has 346 valence electrons. The van der Waals surface area contributed by atoms with Gasteiger partial charge in [0.2, 0.25) is 0 Å². The minimum absolute atomic E-state index is 0.0428. The number of anilines is 6. The SMILES string of the molecule is Cc1ccc(-c2cc(-c3ccccc3)cc(N(c3cccc(F)c3F)c3ccc4ccc5c(N(c6cc(-c7ccccc7)cc(-c7ccc(C)cc7)c6)c6cccc(F)c6F)ccc6ccc3c4c65)c2)cc1. The quantitative estimate of drug-likeness (QED) is 0.0996. The van der Waals surface area contributed by atoms with Crippen LogP contribution >= 0.6 is 0 Å². The van der Waals surface area contributed by atoms with Gasteiger partial charge in [0.05, 0.1) is 22.7 Å². The van der Waals surface area contributed by atoms with Crippen molar-refractivity contribution in [2.75, 3.05) is 9.80 Å². The minimum atomic E-state index is -0.983. The zero-order valence-electron chi connectivity index (χ0n) is 39.3. The van der Waals surface area contributed by atoms with Crippen molar-refractivity contribution in [1.29, 1.82) is 0 Å². The largest absolute Gasteiger partial charge is 0.307 e. The molecule has 0 aromatic heterocycles. The van der Waals surface area contributed by atoms with Gasteiger partial charge in [0.1, 0.15) is 0 Å². The Morgan fingerprint density at radius 3 is 1.00 bits per heavy atom. The lowest BCUT2D eigenvalue weighted by atomic mass is 9.91. The van der Waals surface area contributed by atoms with Gasteiger partial charge in [-0.1, -0.05) is 169 Å². The second-order valence-corrected chi connectivity index (χ2v) is 18.4. The molecule has 12 aromatic rings. The van der Waals surface area contributed by atoms with E-state index < -0.39 is 23.3 Å². The van der Waals surface area contributed by atoms with Crippen molar-refractivity contribution in [1.82, 2.24) is 0 Å². The monoisotopic (exact) mass is 940 g/mol. The van der Waals surface area contributed by atoms with E-state index in [-0.39, 0.29) is 11.4 Å². The first-order chi connectivity index (χ1) is 35.2. The lowest BCUT2D eigenvalue weighted by Gasteiger charge is -2.30. The molecule has 0 fully saturated rings. The fraction of sp³-hybridized carbons (Fsp3) is 0.0303. The van der Waals surface area contributed by atoms with Crippen LogP contribution in [0.3, 0.4) is 0 Å². The zero-order chi connectivity index (χ0) is 49.0. The molecule has 0 saturated heterocycles. The number of benzene rings is 12. The molecule has 0 N–H and O–H groups in total. The summed E-state index contributed by atoms with van der Waals surface area (Å²) in [6, 6.07) is 73.6. The summed E-state index contributed by atoms with van der Waals surface area (Å²) in [6.07, 6.45) is 0. The number of hydrogen-bond acceptors (Lipinski definition) is 2. The van der Waals surface area contributed by atoms with Gasteiger partial charge in [-0.05, 0) is 153 Å². The molecule has 0 radical (unpaired) electrons. The normalized spacial score (nSPS) is 11.5. The molecule has 0 aliphatic heterocycles. The summed E-state index contributed by atoms with van der Waals surface area (Å²) in [5.41, 5.74) is 12.3. The Balaban J connectivity index is 1.12. The van der Waals surface area contributed by atoms with Crippen LogP contribution in [0.2, 0.25) is 0 Å². The molecule has 0 aliphatic rings. The highest BCUT2D eigenvalue weighted by atomic mass is 19.2. The van der Waals surface area contributed by atoms with E-state index in [9.17, 15) is 0 Å². The second kappa shape index (κ2) is 18.1. The molecule has 0 bridgehead atoms. The van der Waals surface area contributed by atoms with Gasteiger partial charge in [0.25, 0.3) is 0 Å². The highest BCUT2D eigenvalue weighted by molar-refractivity contribution is 6.28. The van der Waals surface area contributed by atoms with E-state index in [0.717, 1.165) is 100 Å². The third kappa shape index (κ3) is 7.87. The molecule has 0 heterocycles. The maximum Gasteiger partial charge on any atom is 0.182 e. The lowest BCUT2D eigenvalue weighted by molar-refractivity contribution is 0.510. The number of rotatable bonds is 10. The third-order valence-corrected chi connectivity index (χ3v) is 13.8. The van der Waals surface area contributed by atoms with E-state index in [1.54, 1.807) is 12.1 Å². The van der Waals surface area contributed by atoms with Gasteiger partial charge in [-0.3, -0.25) is 0 Å². The van der Waals surface area contributed by atoms with Gasteiger partial charge >= 0.3 is 0 Å². The summed E-state index contributed by atoms with van der Waals surface area (Å²) < 4.78 is 64.5. The van der Waals surface area contributed by atoms with Gasteiger partial charge in [0.15, 0.2) is 23.3 Å².